The van der Waals surface area contributed by atoms with Crippen LogP contribution in [0.25, 0.3) is 0 Å². The van der Waals surface area contributed by atoms with Gasteiger partial charge in [-0.2, -0.15) is 0 Å². The summed E-state index contributed by atoms with van der Waals surface area (Å²) < 4.78 is 33.2. The molecular formula is C19H24N2O4S. The van der Waals surface area contributed by atoms with Crippen LogP contribution < -0.4 is 4.72 Å². The number of esters is 1. The molecule has 0 unspecified atom stereocenters. The molecule has 0 amide bonds. The molecule has 1 aromatic carbocycles. The number of rotatable bonds is 7. The molecule has 1 heterocycles. The largest absolute Gasteiger partial charge is 0.462 e. The van der Waals surface area contributed by atoms with Crippen molar-refractivity contribution < 1.29 is 17.9 Å². The highest BCUT2D eigenvalue weighted by Crippen LogP contribution is 2.25. The zero-order chi connectivity index (χ0) is 19.3. The number of ether oxygens (including phenoxy) is 1. The fourth-order valence-electron chi connectivity index (χ4n) is 2.53. The number of carbonyl (C=O) groups is 1. The summed E-state index contributed by atoms with van der Waals surface area (Å²) in [4.78, 5) is 17.0. The molecule has 0 spiro atoms. The second kappa shape index (κ2) is 8.31. The first-order valence-corrected chi connectivity index (χ1v) is 10.1. The molecule has 0 atom stereocenters. The Balaban J connectivity index is 2.55. The van der Waals surface area contributed by atoms with Crippen LogP contribution >= 0.6 is 0 Å². The van der Waals surface area contributed by atoms with Crippen molar-refractivity contribution in [3.8, 4) is 0 Å². The van der Waals surface area contributed by atoms with Crippen LogP contribution in [0.15, 0.2) is 35.2 Å². The Morgan fingerprint density at radius 2 is 1.77 bits per heavy atom. The number of nitrogens with zero attached hydrogens (tertiary/aromatic N) is 1. The number of carbonyl (C=O) groups excluding carboxylic acids is 1. The molecule has 0 fully saturated rings. The minimum absolute atomic E-state index is 0.130. The van der Waals surface area contributed by atoms with Crippen molar-refractivity contribution in [2.24, 2.45) is 0 Å². The van der Waals surface area contributed by atoms with Gasteiger partial charge in [0.25, 0.3) is 10.0 Å². The standard InChI is InChI=1S/C19H24N2O4S/c1-5-14-12-17(18(16(6-2)20-14)19(22)25-7-3)21-26(23,24)15-10-8-13(4)9-11-15/h8-12H,5-7H2,1-4H3,(H,20,21). The topological polar surface area (TPSA) is 85.4 Å². The molecule has 0 saturated carbocycles. The zero-order valence-electron chi connectivity index (χ0n) is 15.5. The number of hydrogen-bond donors (Lipinski definition) is 1. The average Bonchev–Trinajstić information content (AvgIpc) is 2.61. The smallest absolute Gasteiger partial charge is 0.342 e. The van der Waals surface area contributed by atoms with E-state index in [1.54, 1.807) is 25.1 Å². The number of aryl methyl sites for hydroxylation is 3. The molecule has 1 aromatic heterocycles. The van der Waals surface area contributed by atoms with Crippen molar-refractivity contribution in [2.45, 2.75) is 45.4 Å². The Kier molecular flexibility index (Phi) is 6.37. The van der Waals surface area contributed by atoms with Crippen molar-refractivity contribution in [1.82, 2.24) is 4.98 Å². The summed E-state index contributed by atoms with van der Waals surface area (Å²) in [5, 5.41) is 0. The minimum Gasteiger partial charge on any atom is -0.462 e. The van der Waals surface area contributed by atoms with E-state index in [1.165, 1.54) is 12.1 Å². The van der Waals surface area contributed by atoms with E-state index in [1.807, 2.05) is 20.8 Å². The van der Waals surface area contributed by atoms with Crippen LogP contribution in [0.2, 0.25) is 0 Å². The summed E-state index contributed by atoms with van der Waals surface area (Å²) in [6, 6.07) is 8.11. The molecule has 0 aliphatic heterocycles. The third kappa shape index (κ3) is 4.40. The van der Waals surface area contributed by atoms with E-state index in [-0.39, 0.29) is 22.8 Å². The lowest BCUT2D eigenvalue weighted by molar-refractivity contribution is 0.0526. The van der Waals surface area contributed by atoms with Gasteiger partial charge in [-0.25, -0.2) is 13.2 Å². The highest BCUT2D eigenvalue weighted by Gasteiger charge is 2.23. The van der Waals surface area contributed by atoms with Gasteiger partial charge in [-0.1, -0.05) is 31.5 Å². The molecule has 1 N–H and O–H groups in total. The molecule has 0 aliphatic carbocycles. The van der Waals surface area contributed by atoms with Crippen LogP contribution in [-0.4, -0.2) is 26.0 Å². The van der Waals surface area contributed by atoms with Crippen molar-refractivity contribution in [3.05, 3.63) is 52.8 Å². The van der Waals surface area contributed by atoms with E-state index in [9.17, 15) is 13.2 Å². The fraction of sp³-hybridized carbons (Fsp3) is 0.368. The van der Waals surface area contributed by atoms with Gasteiger partial charge in [0.15, 0.2) is 0 Å². The van der Waals surface area contributed by atoms with E-state index in [0.717, 1.165) is 5.56 Å². The number of aromatic nitrogens is 1. The molecule has 7 heteroatoms. The second-order valence-corrected chi connectivity index (χ2v) is 7.51. The SMILES string of the molecule is CCOC(=O)c1c(NS(=O)(=O)c2ccc(C)cc2)cc(CC)nc1CC. The first-order chi connectivity index (χ1) is 12.3. The number of pyridine rings is 1. The van der Waals surface area contributed by atoms with E-state index in [4.69, 9.17) is 4.74 Å². The summed E-state index contributed by atoms with van der Waals surface area (Å²) >= 11 is 0. The van der Waals surface area contributed by atoms with Gasteiger partial charge < -0.3 is 4.74 Å². The molecule has 6 nitrogen and oxygen atoms in total. The van der Waals surface area contributed by atoms with Gasteiger partial charge in [0.2, 0.25) is 0 Å². The van der Waals surface area contributed by atoms with Crippen LogP contribution in [0.4, 0.5) is 5.69 Å². The highest BCUT2D eigenvalue weighted by molar-refractivity contribution is 7.92. The van der Waals surface area contributed by atoms with E-state index >= 15 is 0 Å². The van der Waals surface area contributed by atoms with Gasteiger partial charge in [0.05, 0.1) is 22.9 Å². The van der Waals surface area contributed by atoms with Gasteiger partial charge in [-0.3, -0.25) is 9.71 Å². The van der Waals surface area contributed by atoms with Gasteiger partial charge in [-0.05, 0) is 44.9 Å². The highest BCUT2D eigenvalue weighted by atomic mass is 32.2. The number of sulfonamides is 1. The number of benzene rings is 1. The van der Waals surface area contributed by atoms with Gasteiger partial charge in [0.1, 0.15) is 5.56 Å². The summed E-state index contributed by atoms with van der Waals surface area (Å²) in [7, 11) is -3.84. The quantitative estimate of drug-likeness (QED) is 0.748. The normalized spacial score (nSPS) is 11.2. The Labute approximate surface area is 154 Å². The average molecular weight is 376 g/mol. The predicted octanol–water partition coefficient (Wildman–Crippen LogP) is 3.49. The molecule has 0 saturated heterocycles. The fourth-order valence-corrected chi connectivity index (χ4v) is 3.59. The third-order valence-electron chi connectivity index (χ3n) is 3.90. The van der Waals surface area contributed by atoms with E-state index < -0.39 is 16.0 Å². The van der Waals surface area contributed by atoms with Crippen molar-refractivity contribution in [1.29, 1.82) is 0 Å². The van der Waals surface area contributed by atoms with Gasteiger partial charge in [-0.15, -0.1) is 0 Å². The van der Waals surface area contributed by atoms with Crippen molar-refractivity contribution >= 4 is 21.7 Å². The lowest BCUT2D eigenvalue weighted by Gasteiger charge is -2.16. The molecule has 0 bridgehead atoms. The Hall–Kier alpha value is -2.41. The molecule has 140 valence electrons. The monoisotopic (exact) mass is 376 g/mol. The Bertz CT molecular complexity index is 891. The lowest BCUT2D eigenvalue weighted by atomic mass is 10.1. The molecule has 2 rings (SSSR count). The number of anilines is 1. The van der Waals surface area contributed by atoms with Crippen LogP contribution in [0, 0.1) is 6.92 Å². The predicted molar refractivity (Wildman–Crippen MR) is 101 cm³/mol. The van der Waals surface area contributed by atoms with E-state index in [0.29, 0.717) is 24.2 Å². The first-order valence-electron chi connectivity index (χ1n) is 8.61. The Morgan fingerprint density at radius 3 is 2.31 bits per heavy atom. The Morgan fingerprint density at radius 1 is 1.12 bits per heavy atom. The minimum atomic E-state index is -3.84. The van der Waals surface area contributed by atoms with Crippen LogP contribution in [0.5, 0.6) is 0 Å². The maximum Gasteiger partial charge on any atom is 0.342 e. The van der Waals surface area contributed by atoms with Crippen LogP contribution in [0.1, 0.15) is 48.1 Å². The first kappa shape index (κ1) is 19.9. The van der Waals surface area contributed by atoms with Crippen LogP contribution in [-0.2, 0) is 27.6 Å². The maximum atomic E-state index is 12.8. The summed E-state index contributed by atoms with van der Waals surface area (Å²) in [5.74, 6) is -0.582. The van der Waals surface area contributed by atoms with Crippen molar-refractivity contribution in [3.63, 3.8) is 0 Å². The number of nitrogens with one attached hydrogen (secondary N) is 1. The summed E-state index contributed by atoms with van der Waals surface area (Å²) in [6.45, 7) is 7.56. The molecular weight excluding hydrogens is 352 g/mol. The third-order valence-corrected chi connectivity index (χ3v) is 5.28. The van der Waals surface area contributed by atoms with Gasteiger partial charge >= 0.3 is 5.97 Å². The van der Waals surface area contributed by atoms with Crippen LogP contribution in [0.3, 0.4) is 0 Å². The molecule has 0 radical (unpaired) electrons. The molecule has 2 aromatic rings. The lowest BCUT2D eigenvalue weighted by Crippen LogP contribution is -2.19. The molecule has 0 aliphatic rings. The zero-order valence-corrected chi connectivity index (χ0v) is 16.3. The second-order valence-electron chi connectivity index (χ2n) is 5.83. The van der Waals surface area contributed by atoms with Gasteiger partial charge in [0, 0.05) is 5.69 Å². The molecule has 26 heavy (non-hydrogen) atoms. The number of hydrogen-bond acceptors (Lipinski definition) is 5. The summed E-state index contributed by atoms with van der Waals surface area (Å²) in [6.07, 6.45) is 1.11. The van der Waals surface area contributed by atoms with E-state index in [2.05, 4.69) is 9.71 Å². The summed E-state index contributed by atoms with van der Waals surface area (Å²) in [5.41, 5.74) is 2.55. The van der Waals surface area contributed by atoms with Crippen molar-refractivity contribution in [2.75, 3.05) is 11.3 Å². The maximum absolute atomic E-state index is 12.8.